The number of nitrogens with two attached hydrogens (primary N) is 1. The van der Waals surface area contributed by atoms with Crippen LogP contribution < -0.4 is 11.1 Å². The van der Waals surface area contributed by atoms with Gasteiger partial charge in [0.25, 0.3) is 0 Å². The van der Waals surface area contributed by atoms with E-state index in [1.165, 1.54) is 0 Å². The Labute approximate surface area is 211 Å². The number of nitrogens with one attached hydrogen (secondary N) is 1. The topological polar surface area (TPSA) is 72.9 Å². The van der Waals surface area contributed by atoms with Crippen molar-refractivity contribution in [1.82, 2.24) is 14.9 Å². The smallest absolute Gasteiger partial charge is 0.248 e. The minimum atomic E-state index is -0.579. The number of hydrogen-bond acceptors (Lipinski definition) is 3. The van der Waals surface area contributed by atoms with Crippen LogP contribution in [0.1, 0.15) is 38.3 Å². The van der Waals surface area contributed by atoms with Gasteiger partial charge in [0, 0.05) is 24.8 Å². The van der Waals surface area contributed by atoms with Crippen molar-refractivity contribution >= 4 is 5.91 Å². The van der Waals surface area contributed by atoms with Gasteiger partial charge >= 0.3 is 0 Å². The maximum atomic E-state index is 11.5. The zero-order chi connectivity index (χ0) is 24.8. The van der Waals surface area contributed by atoms with Crippen molar-refractivity contribution in [3.63, 3.8) is 0 Å². The Morgan fingerprint density at radius 1 is 0.750 bits per heavy atom. The Balaban J connectivity index is 1.50. The van der Waals surface area contributed by atoms with Crippen molar-refractivity contribution in [3.05, 3.63) is 161 Å². The predicted molar refractivity (Wildman–Crippen MR) is 142 cm³/mol. The van der Waals surface area contributed by atoms with E-state index < -0.39 is 11.4 Å². The fourth-order valence-corrected chi connectivity index (χ4v) is 4.79. The molecule has 1 aromatic heterocycles. The number of aromatic nitrogens is 2. The highest BCUT2D eigenvalue weighted by Crippen LogP contribution is 2.40. The summed E-state index contributed by atoms with van der Waals surface area (Å²) in [5.74, 6) is -0.422. The zero-order valence-corrected chi connectivity index (χ0v) is 19.9. The summed E-state index contributed by atoms with van der Waals surface area (Å²) in [7, 11) is 0. The van der Waals surface area contributed by atoms with E-state index in [0.29, 0.717) is 18.7 Å². The molecule has 36 heavy (non-hydrogen) atoms. The Kier molecular flexibility index (Phi) is 6.74. The molecule has 0 atom stereocenters. The number of imidazole rings is 1. The Bertz CT molecular complexity index is 1330. The van der Waals surface area contributed by atoms with Crippen molar-refractivity contribution < 1.29 is 4.79 Å². The fraction of sp³-hybridized carbons (Fsp3) is 0.0968. The summed E-state index contributed by atoms with van der Waals surface area (Å²) in [6.07, 6.45) is 4.03. The number of primary amides is 1. The van der Waals surface area contributed by atoms with Crippen molar-refractivity contribution in [1.29, 1.82) is 0 Å². The first-order chi connectivity index (χ1) is 17.7. The number of carbonyl (C=O) groups excluding carboxylic acids is 1. The molecule has 0 aliphatic heterocycles. The van der Waals surface area contributed by atoms with E-state index in [2.05, 4.69) is 88.9 Å². The first-order valence-electron chi connectivity index (χ1n) is 12.0. The first kappa shape index (κ1) is 23.3. The van der Waals surface area contributed by atoms with Crippen molar-refractivity contribution in [3.8, 4) is 0 Å². The molecule has 5 heteroatoms. The summed E-state index contributed by atoms with van der Waals surface area (Å²) in [6.45, 7) is 1.19. The van der Waals surface area contributed by atoms with Crippen molar-refractivity contribution in [2.75, 3.05) is 0 Å². The third-order valence-corrected chi connectivity index (χ3v) is 6.44. The average molecular weight is 473 g/mol. The summed E-state index contributed by atoms with van der Waals surface area (Å²) < 4.78 is 2.21. The lowest BCUT2D eigenvalue weighted by Gasteiger charge is -2.37. The molecule has 0 fully saturated rings. The van der Waals surface area contributed by atoms with E-state index in [-0.39, 0.29) is 0 Å². The van der Waals surface area contributed by atoms with Crippen LogP contribution in [0, 0.1) is 0 Å². The minimum Gasteiger partial charge on any atom is -0.366 e. The maximum absolute atomic E-state index is 11.5. The lowest BCUT2D eigenvalue weighted by molar-refractivity contribution is 0.1000. The lowest BCUT2D eigenvalue weighted by atomic mass is 9.77. The van der Waals surface area contributed by atoms with E-state index in [0.717, 1.165) is 27.9 Å². The van der Waals surface area contributed by atoms with E-state index in [4.69, 9.17) is 10.7 Å². The fourth-order valence-electron chi connectivity index (χ4n) is 4.79. The standard InChI is InChI=1S/C31H28N4O/c32-30(36)25-12-10-11-24(19-25)20-33-21-29-22-35(23-34-29)31(26-13-4-1-5-14-26,27-15-6-2-7-16-27)28-17-8-3-9-18-28/h1-19,22-23,33H,20-21H2,(H2,32,36). The number of amides is 1. The molecule has 0 spiro atoms. The summed E-state index contributed by atoms with van der Waals surface area (Å²) in [6, 6.07) is 39.0. The third-order valence-electron chi connectivity index (χ3n) is 6.44. The van der Waals surface area contributed by atoms with Gasteiger partial charge in [0.15, 0.2) is 0 Å². The van der Waals surface area contributed by atoms with Crippen LogP contribution in [0.5, 0.6) is 0 Å². The lowest BCUT2D eigenvalue weighted by Crippen LogP contribution is -2.37. The van der Waals surface area contributed by atoms with E-state index >= 15 is 0 Å². The van der Waals surface area contributed by atoms with Gasteiger partial charge in [-0.05, 0) is 34.4 Å². The van der Waals surface area contributed by atoms with Crippen LogP contribution in [0.25, 0.3) is 0 Å². The molecule has 1 amide bonds. The number of nitrogens with zero attached hydrogens (tertiary/aromatic N) is 2. The molecule has 1 heterocycles. The molecular formula is C31H28N4O. The monoisotopic (exact) mass is 472 g/mol. The van der Waals surface area contributed by atoms with Crippen LogP contribution in [0.2, 0.25) is 0 Å². The second kappa shape index (κ2) is 10.4. The maximum Gasteiger partial charge on any atom is 0.248 e. The predicted octanol–water partition coefficient (Wildman–Crippen LogP) is 5.11. The highest BCUT2D eigenvalue weighted by molar-refractivity contribution is 5.92. The van der Waals surface area contributed by atoms with Crippen LogP contribution >= 0.6 is 0 Å². The molecule has 0 aliphatic carbocycles. The van der Waals surface area contributed by atoms with E-state index in [1.807, 2.05) is 42.7 Å². The quantitative estimate of drug-likeness (QED) is 0.293. The highest BCUT2D eigenvalue weighted by Gasteiger charge is 2.38. The molecule has 5 nitrogen and oxygen atoms in total. The van der Waals surface area contributed by atoms with Gasteiger partial charge in [0.05, 0.1) is 12.0 Å². The van der Waals surface area contributed by atoms with Gasteiger partial charge in [0.1, 0.15) is 5.54 Å². The first-order valence-corrected chi connectivity index (χ1v) is 12.0. The van der Waals surface area contributed by atoms with Gasteiger partial charge < -0.3 is 15.6 Å². The minimum absolute atomic E-state index is 0.422. The van der Waals surface area contributed by atoms with Crippen LogP contribution in [-0.2, 0) is 18.6 Å². The van der Waals surface area contributed by atoms with Gasteiger partial charge in [-0.3, -0.25) is 4.79 Å². The zero-order valence-electron chi connectivity index (χ0n) is 19.9. The highest BCUT2D eigenvalue weighted by atomic mass is 16.1. The molecular weight excluding hydrogens is 444 g/mol. The van der Waals surface area contributed by atoms with Gasteiger partial charge in [-0.15, -0.1) is 0 Å². The molecule has 0 radical (unpaired) electrons. The SMILES string of the molecule is NC(=O)c1cccc(CNCc2cn(C(c3ccccc3)(c3ccccc3)c3ccccc3)cn2)c1. The van der Waals surface area contributed by atoms with E-state index in [9.17, 15) is 4.79 Å². The van der Waals surface area contributed by atoms with Crippen LogP contribution in [0.3, 0.4) is 0 Å². The summed E-state index contributed by atoms with van der Waals surface area (Å²) in [5, 5.41) is 3.44. The molecule has 5 rings (SSSR count). The third kappa shape index (κ3) is 4.57. The van der Waals surface area contributed by atoms with Crippen LogP contribution in [-0.4, -0.2) is 15.5 Å². The largest absolute Gasteiger partial charge is 0.366 e. The molecule has 5 aromatic rings. The van der Waals surface area contributed by atoms with E-state index in [1.54, 1.807) is 6.07 Å². The van der Waals surface area contributed by atoms with Crippen molar-refractivity contribution in [2.24, 2.45) is 5.73 Å². The molecule has 0 saturated carbocycles. The molecule has 0 unspecified atom stereocenters. The molecule has 3 N–H and O–H groups in total. The van der Waals surface area contributed by atoms with Gasteiger partial charge in [-0.25, -0.2) is 4.98 Å². The summed E-state index contributed by atoms with van der Waals surface area (Å²) in [4.78, 5) is 16.2. The van der Waals surface area contributed by atoms with Crippen LogP contribution in [0.4, 0.5) is 0 Å². The molecule has 178 valence electrons. The van der Waals surface area contributed by atoms with Crippen LogP contribution in [0.15, 0.2) is 128 Å². The molecule has 0 aliphatic rings. The summed E-state index contributed by atoms with van der Waals surface area (Å²) in [5.41, 5.74) is 10.7. The molecule has 0 saturated heterocycles. The second-order valence-corrected chi connectivity index (χ2v) is 8.75. The number of hydrogen-bond donors (Lipinski definition) is 2. The van der Waals surface area contributed by atoms with Gasteiger partial charge in [-0.1, -0.05) is 103 Å². The Morgan fingerprint density at radius 3 is 1.83 bits per heavy atom. The number of benzene rings is 4. The van der Waals surface area contributed by atoms with Gasteiger partial charge in [0.2, 0.25) is 5.91 Å². The van der Waals surface area contributed by atoms with Crippen molar-refractivity contribution in [2.45, 2.75) is 18.6 Å². The Hall–Kier alpha value is -4.48. The molecule has 0 bridgehead atoms. The number of carbonyl (C=O) groups is 1. The van der Waals surface area contributed by atoms with Gasteiger partial charge in [-0.2, -0.15) is 0 Å². The summed E-state index contributed by atoms with van der Waals surface area (Å²) >= 11 is 0. The Morgan fingerprint density at radius 2 is 1.31 bits per heavy atom. The second-order valence-electron chi connectivity index (χ2n) is 8.75. The average Bonchev–Trinajstić information content (AvgIpc) is 3.40. The number of rotatable bonds is 9. The normalized spacial score (nSPS) is 11.3. The molecule has 4 aromatic carbocycles.